The van der Waals surface area contributed by atoms with Crippen molar-refractivity contribution in [1.82, 2.24) is 9.71 Å². The van der Waals surface area contributed by atoms with Gasteiger partial charge in [0.2, 0.25) is 10.0 Å². The molecule has 0 radical (unpaired) electrons. The zero-order valence-corrected chi connectivity index (χ0v) is 11.8. The fourth-order valence-corrected chi connectivity index (χ4v) is 2.48. The van der Waals surface area contributed by atoms with Crippen LogP contribution in [0.1, 0.15) is 12.5 Å². The average Bonchev–Trinajstić information content (AvgIpc) is 2.44. The SMILES string of the molecule is COC(=O)C(C)NS(=O)(=O)c1cncc(C#CCO)c1. The van der Waals surface area contributed by atoms with Crippen molar-refractivity contribution < 1.29 is 23.1 Å². The molecule has 0 aliphatic rings. The smallest absolute Gasteiger partial charge is 0.323 e. The highest BCUT2D eigenvalue weighted by Gasteiger charge is 2.22. The summed E-state index contributed by atoms with van der Waals surface area (Å²) in [5, 5.41) is 8.59. The molecule has 1 unspecified atom stereocenters. The predicted octanol–water partition coefficient (Wildman–Crippen LogP) is -0.735. The number of methoxy groups -OCH3 is 1. The molecule has 20 heavy (non-hydrogen) atoms. The molecule has 0 aliphatic heterocycles. The molecular weight excluding hydrogens is 284 g/mol. The van der Waals surface area contributed by atoms with Crippen LogP contribution in [-0.4, -0.2) is 44.2 Å². The predicted molar refractivity (Wildman–Crippen MR) is 70.0 cm³/mol. The number of aliphatic hydroxyl groups is 1. The fraction of sp³-hybridized carbons (Fsp3) is 0.333. The number of aliphatic hydroxyl groups excluding tert-OH is 1. The van der Waals surface area contributed by atoms with Crippen LogP contribution in [0.25, 0.3) is 0 Å². The number of nitrogens with one attached hydrogen (secondary N) is 1. The van der Waals surface area contributed by atoms with E-state index in [0.29, 0.717) is 5.56 Å². The molecule has 2 N–H and O–H groups in total. The minimum absolute atomic E-state index is 0.127. The Bertz CT molecular complexity index is 645. The zero-order valence-electron chi connectivity index (χ0n) is 11.0. The summed E-state index contributed by atoms with van der Waals surface area (Å²) < 4.78 is 30.7. The molecule has 0 fully saturated rings. The first-order chi connectivity index (χ1) is 9.40. The summed E-state index contributed by atoms with van der Waals surface area (Å²) >= 11 is 0. The van der Waals surface area contributed by atoms with Crippen LogP contribution in [0.3, 0.4) is 0 Å². The molecule has 0 bridgehead atoms. The molecule has 1 atom stereocenters. The van der Waals surface area contributed by atoms with E-state index in [1.165, 1.54) is 26.3 Å². The van der Waals surface area contributed by atoms with Gasteiger partial charge < -0.3 is 9.84 Å². The van der Waals surface area contributed by atoms with Crippen LogP contribution >= 0.6 is 0 Å². The number of ether oxygens (including phenoxy) is 1. The standard InChI is InChI=1S/C12H14N2O5S/c1-9(12(16)19-2)14-20(17,18)11-6-10(4-3-5-15)7-13-8-11/h6-9,14-15H,5H2,1-2H3. The second kappa shape index (κ2) is 7.00. The van der Waals surface area contributed by atoms with Crippen LogP contribution in [0.2, 0.25) is 0 Å². The van der Waals surface area contributed by atoms with Gasteiger partial charge in [-0.25, -0.2) is 8.42 Å². The Morgan fingerprint density at radius 1 is 1.55 bits per heavy atom. The van der Waals surface area contributed by atoms with E-state index < -0.39 is 22.0 Å². The van der Waals surface area contributed by atoms with Gasteiger partial charge in [-0.05, 0) is 13.0 Å². The van der Waals surface area contributed by atoms with Crippen LogP contribution in [0, 0.1) is 11.8 Å². The molecule has 0 aliphatic carbocycles. The van der Waals surface area contributed by atoms with Crippen molar-refractivity contribution >= 4 is 16.0 Å². The van der Waals surface area contributed by atoms with Crippen molar-refractivity contribution in [2.45, 2.75) is 17.9 Å². The van der Waals surface area contributed by atoms with Gasteiger partial charge in [-0.15, -0.1) is 0 Å². The molecule has 1 heterocycles. The van der Waals surface area contributed by atoms with Gasteiger partial charge in [-0.3, -0.25) is 9.78 Å². The monoisotopic (exact) mass is 298 g/mol. The Morgan fingerprint density at radius 2 is 2.25 bits per heavy atom. The average molecular weight is 298 g/mol. The molecule has 1 rings (SSSR count). The number of rotatable bonds is 4. The second-order valence-electron chi connectivity index (χ2n) is 3.74. The first-order valence-electron chi connectivity index (χ1n) is 5.55. The van der Waals surface area contributed by atoms with Gasteiger partial charge in [-0.1, -0.05) is 11.8 Å². The quantitative estimate of drug-likeness (QED) is 0.560. The lowest BCUT2D eigenvalue weighted by Gasteiger charge is -2.11. The molecule has 8 heteroatoms. The van der Waals surface area contributed by atoms with E-state index in [1.54, 1.807) is 0 Å². The van der Waals surface area contributed by atoms with Gasteiger partial charge in [0.05, 0.1) is 7.11 Å². The molecule has 0 amide bonds. The number of pyridine rings is 1. The van der Waals surface area contributed by atoms with Gasteiger partial charge in [0, 0.05) is 18.0 Å². The van der Waals surface area contributed by atoms with Crippen molar-refractivity contribution in [2.24, 2.45) is 0 Å². The van der Waals surface area contributed by atoms with Crippen molar-refractivity contribution in [1.29, 1.82) is 0 Å². The maximum Gasteiger partial charge on any atom is 0.323 e. The first kappa shape index (κ1) is 16.1. The van der Waals surface area contributed by atoms with E-state index in [1.807, 2.05) is 0 Å². The van der Waals surface area contributed by atoms with E-state index in [-0.39, 0.29) is 11.5 Å². The number of carbonyl (C=O) groups is 1. The van der Waals surface area contributed by atoms with Crippen molar-refractivity contribution in [3.8, 4) is 11.8 Å². The lowest BCUT2D eigenvalue weighted by Crippen LogP contribution is -2.39. The third-order valence-electron chi connectivity index (χ3n) is 2.22. The highest BCUT2D eigenvalue weighted by Crippen LogP contribution is 2.09. The number of sulfonamides is 1. The molecule has 0 aromatic carbocycles. The number of carbonyl (C=O) groups excluding carboxylic acids is 1. The van der Waals surface area contributed by atoms with E-state index in [2.05, 4.69) is 26.3 Å². The van der Waals surface area contributed by atoms with E-state index >= 15 is 0 Å². The number of hydrogen-bond acceptors (Lipinski definition) is 6. The van der Waals surface area contributed by atoms with Crippen LogP contribution in [0.5, 0.6) is 0 Å². The Hall–Kier alpha value is -1.95. The molecule has 1 aromatic rings. The van der Waals surface area contributed by atoms with Crippen LogP contribution in [-0.2, 0) is 19.6 Å². The lowest BCUT2D eigenvalue weighted by molar-refractivity contribution is -0.142. The summed E-state index contributed by atoms with van der Waals surface area (Å²) in [7, 11) is -2.74. The summed E-state index contributed by atoms with van der Waals surface area (Å²) in [5.41, 5.74) is 0.340. The topological polar surface area (TPSA) is 106 Å². The third-order valence-corrected chi connectivity index (χ3v) is 3.73. The van der Waals surface area contributed by atoms with Crippen molar-refractivity contribution in [3.05, 3.63) is 24.0 Å². The zero-order chi connectivity index (χ0) is 15.2. The number of hydrogen-bond donors (Lipinski definition) is 2. The van der Waals surface area contributed by atoms with Gasteiger partial charge >= 0.3 is 5.97 Å². The van der Waals surface area contributed by atoms with E-state index in [4.69, 9.17) is 5.11 Å². The summed E-state index contributed by atoms with van der Waals surface area (Å²) in [4.78, 5) is 14.8. The minimum Gasteiger partial charge on any atom is -0.468 e. The third kappa shape index (κ3) is 4.31. The van der Waals surface area contributed by atoms with Crippen molar-refractivity contribution in [3.63, 3.8) is 0 Å². The largest absolute Gasteiger partial charge is 0.468 e. The molecule has 108 valence electrons. The summed E-state index contributed by atoms with van der Waals surface area (Å²) in [6.45, 7) is 1.03. The number of esters is 1. The fourth-order valence-electron chi connectivity index (χ4n) is 1.30. The van der Waals surface area contributed by atoms with Gasteiger partial charge in [0.25, 0.3) is 0 Å². The van der Waals surface area contributed by atoms with Gasteiger partial charge in [0.15, 0.2) is 0 Å². The van der Waals surface area contributed by atoms with Crippen LogP contribution in [0.4, 0.5) is 0 Å². The molecule has 0 saturated carbocycles. The lowest BCUT2D eigenvalue weighted by atomic mass is 10.3. The molecule has 0 spiro atoms. The van der Waals surface area contributed by atoms with Crippen LogP contribution in [0.15, 0.2) is 23.4 Å². The summed E-state index contributed by atoms with van der Waals surface area (Å²) in [6, 6.07) is 0.277. The molecule has 1 aromatic heterocycles. The first-order valence-corrected chi connectivity index (χ1v) is 7.04. The van der Waals surface area contributed by atoms with E-state index in [9.17, 15) is 13.2 Å². The van der Waals surface area contributed by atoms with Crippen LogP contribution < -0.4 is 4.72 Å². The summed E-state index contributed by atoms with van der Waals surface area (Å²) in [5.74, 6) is 4.24. The van der Waals surface area contributed by atoms with Gasteiger partial charge in [-0.2, -0.15) is 4.72 Å². The Morgan fingerprint density at radius 3 is 2.85 bits per heavy atom. The maximum absolute atomic E-state index is 12.0. The molecular formula is C12H14N2O5S. The maximum atomic E-state index is 12.0. The van der Waals surface area contributed by atoms with E-state index in [0.717, 1.165) is 6.20 Å². The molecule has 7 nitrogen and oxygen atoms in total. The Kier molecular flexibility index (Phi) is 5.64. The minimum atomic E-state index is -3.91. The highest BCUT2D eigenvalue weighted by atomic mass is 32.2. The second-order valence-corrected chi connectivity index (χ2v) is 5.45. The Balaban J connectivity index is 3.01. The highest BCUT2D eigenvalue weighted by molar-refractivity contribution is 7.89. The summed E-state index contributed by atoms with van der Waals surface area (Å²) in [6.07, 6.45) is 2.50. The number of nitrogens with zero attached hydrogens (tertiary/aromatic N) is 1. The number of aromatic nitrogens is 1. The Labute approximate surface area is 117 Å². The van der Waals surface area contributed by atoms with Crippen molar-refractivity contribution in [2.75, 3.05) is 13.7 Å². The molecule has 0 saturated heterocycles. The van der Waals surface area contributed by atoms with Gasteiger partial charge in [0.1, 0.15) is 17.5 Å². The normalized spacial score (nSPS) is 12.2.